The first-order valence-corrected chi connectivity index (χ1v) is 5.18. The zero-order valence-corrected chi connectivity index (χ0v) is 8.41. The molecule has 0 aliphatic heterocycles. The number of amidine groups is 1. The molecule has 0 aliphatic carbocycles. The predicted molar refractivity (Wildman–Crippen MR) is 52.8 cm³/mol. The van der Waals surface area contributed by atoms with Crippen molar-refractivity contribution in [3.63, 3.8) is 0 Å². The highest BCUT2D eigenvalue weighted by Crippen LogP contribution is 2.13. The quantitative estimate of drug-likeness (QED) is 0.359. The van der Waals surface area contributed by atoms with Gasteiger partial charge in [0.05, 0.1) is 6.54 Å². The van der Waals surface area contributed by atoms with Gasteiger partial charge in [-0.2, -0.15) is 11.8 Å². The van der Waals surface area contributed by atoms with E-state index < -0.39 is 0 Å². The van der Waals surface area contributed by atoms with Crippen LogP contribution in [0.3, 0.4) is 0 Å². The molecule has 0 unspecified atom stereocenters. The zero-order valence-electron chi connectivity index (χ0n) is 7.60. The van der Waals surface area contributed by atoms with Crippen LogP contribution in [-0.4, -0.2) is 39.9 Å². The highest BCUT2D eigenvalue weighted by molar-refractivity contribution is 7.98. The molecule has 8 heteroatoms. The van der Waals surface area contributed by atoms with Crippen LogP contribution in [0.25, 0.3) is 0 Å². The van der Waals surface area contributed by atoms with Crippen molar-refractivity contribution in [2.24, 2.45) is 5.73 Å². The first-order valence-electron chi connectivity index (χ1n) is 3.79. The highest BCUT2D eigenvalue weighted by Gasteiger charge is 2.17. The fourth-order valence-corrected chi connectivity index (χ4v) is 1.16. The van der Waals surface area contributed by atoms with Crippen molar-refractivity contribution < 1.29 is 9.84 Å². The van der Waals surface area contributed by atoms with E-state index in [0.717, 1.165) is 10.8 Å². The number of aromatic nitrogens is 2. The Morgan fingerprint density at radius 3 is 3.00 bits per heavy atom. The molecule has 1 aromatic rings. The molecule has 78 valence electrons. The van der Waals surface area contributed by atoms with Crippen molar-refractivity contribution in [2.75, 3.05) is 23.6 Å². The first-order chi connectivity index (χ1) is 6.66. The van der Waals surface area contributed by atoms with Gasteiger partial charge in [-0.15, -0.1) is 0 Å². The molecule has 0 spiro atoms. The van der Waals surface area contributed by atoms with Gasteiger partial charge in [0.25, 0.3) is 0 Å². The van der Waals surface area contributed by atoms with E-state index in [9.17, 15) is 5.21 Å². The van der Waals surface area contributed by atoms with Gasteiger partial charge in [0.15, 0.2) is 5.69 Å². The maximum Gasteiger partial charge on any atom is 0.228 e. The van der Waals surface area contributed by atoms with Gasteiger partial charge in [0, 0.05) is 5.75 Å². The number of hydrogen-bond donors (Lipinski definition) is 3. The average Bonchev–Trinajstić information content (AvgIpc) is 2.62. The van der Waals surface area contributed by atoms with Crippen LogP contribution < -0.4 is 10.8 Å². The molecule has 4 N–H and O–H groups in total. The van der Waals surface area contributed by atoms with Crippen LogP contribution in [0.1, 0.15) is 5.69 Å². The van der Waals surface area contributed by atoms with Gasteiger partial charge in [0.2, 0.25) is 5.82 Å². The van der Waals surface area contributed by atoms with Gasteiger partial charge < -0.3 is 5.73 Å². The summed E-state index contributed by atoms with van der Waals surface area (Å²) in [5.74, 6) is 0.511. The summed E-state index contributed by atoms with van der Waals surface area (Å²) < 4.78 is 4.38. The summed E-state index contributed by atoms with van der Waals surface area (Å²) in [5.41, 5.74) is 5.25. The van der Waals surface area contributed by atoms with Crippen LogP contribution in [0.2, 0.25) is 0 Å². The summed E-state index contributed by atoms with van der Waals surface area (Å²) in [4.78, 5) is 0. The summed E-state index contributed by atoms with van der Waals surface area (Å²) in [6.45, 7) is 0.371. The topological polar surface area (TPSA) is 112 Å². The van der Waals surface area contributed by atoms with Crippen molar-refractivity contribution in [2.45, 2.75) is 0 Å². The smallest absolute Gasteiger partial charge is 0.228 e. The van der Waals surface area contributed by atoms with Crippen molar-refractivity contribution in [3.05, 3.63) is 5.69 Å². The van der Waals surface area contributed by atoms with Crippen LogP contribution in [0.4, 0.5) is 5.82 Å². The van der Waals surface area contributed by atoms with Gasteiger partial charge in [-0.1, -0.05) is 0 Å². The molecule has 7 nitrogen and oxygen atoms in total. The molecule has 0 bridgehead atoms. The van der Waals surface area contributed by atoms with Crippen LogP contribution >= 0.6 is 11.8 Å². The highest BCUT2D eigenvalue weighted by atomic mass is 32.2. The molecule has 14 heavy (non-hydrogen) atoms. The maximum atomic E-state index is 9.48. The van der Waals surface area contributed by atoms with E-state index >= 15 is 0 Å². The van der Waals surface area contributed by atoms with Crippen LogP contribution in [0, 0.1) is 5.41 Å². The number of nitrogens with zero attached hydrogens (tertiary/aromatic N) is 3. The molecule has 1 heterocycles. The van der Waals surface area contributed by atoms with Crippen molar-refractivity contribution in [1.29, 1.82) is 5.41 Å². The molecule has 0 fully saturated rings. The summed E-state index contributed by atoms with van der Waals surface area (Å²) in [6.07, 6.45) is 1.92. The van der Waals surface area contributed by atoms with Crippen molar-refractivity contribution in [3.8, 4) is 0 Å². The largest absolute Gasteiger partial charge is 0.382 e. The molecule has 0 aliphatic rings. The first kappa shape index (κ1) is 10.8. The zero-order chi connectivity index (χ0) is 10.6. The molecule has 0 saturated carbocycles. The lowest BCUT2D eigenvalue weighted by molar-refractivity contribution is 0.246. The summed E-state index contributed by atoms with van der Waals surface area (Å²) >= 11 is 1.58. The number of hydrogen-bond acceptors (Lipinski definition) is 7. The Morgan fingerprint density at radius 2 is 2.43 bits per heavy atom. The second-order valence-corrected chi connectivity index (χ2v) is 3.45. The Morgan fingerprint density at radius 1 is 1.71 bits per heavy atom. The second kappa shape index (κ2) is 4.82. The monoisotopic (exact) mass is 217 g/mol. The minimum atomic E-state index is -0.288. The van der Waals surface area contributed by atoms with Crippen LogP contribution in [0.15, 0.2) is 4.63 Å². The number of thioether (sulfide) groups is 1. The minimum absolute atomic E-state index is 0.0496. The summed E-state index contributed by atoms with van der Waals surface area (Å²) in [5, 5.41) is 24.3. The van der Waals surface area contributed by atoms with Gasteiger partial charge in [-0.25, -0.2) is 9.69 Å². The van der Waals surface area contributed by atoms with E-state index in [1.54, 1.807) is 11.8 Å². The Labute approximate surface area is 84.7 Å². The molecule has 1 aromatic heterocycles. The lowest BCUT2D eigenvalue weighted by Crippen LogP contribution is -2.25. The normalized spacial score (nSPS) is 10.1. The van der Waals surface area contributed by atoms with E-state index in [4.69, 9.17) is 11.1 Å². The lowest BCUT2D eigenvalue weighted by Gasteiger charge is -2.12. The molecule has 0 saturated heterocycles. The standard InChI is InChI=1S/C6H11N5O2S/c1-14-3-2-11(12)6-4(5(7)8)9-13-10-6/h12H,2-3H2,1H3,(H3,7,8). The van der Waals surface area contributed by atoms with Crippen molar-refractivity contribution in [1.82, 2.24) is 10.3 Å². The molecule has 0 amide bonds. The Bertz CT molecular complexity index is 315. The molecular weight excluding hydrogens is 206 g/mol. The summed E-state index contributed by atoms with van der Waals surface area (Å²) in [6, 6.07) is 0. The van der Waals surface area contributed by atoms with E-state index in [1.165, 1.54) is 0 Å². The third kappa shape index (κ3) is 2.36. The molecule has 0 atom stereocenters. The maximum absolute atomic E-state index is 9.48. The van der Waals surface area contributed by atoms with E-state index in [1.807, 2.05) is 6.26 Å². The fraction of sp³-hybridized carbons (Fsp3) is 0.500. The Kier molecular flexibility index (Phi) is 3.72. The SMILES string of the molecule is CSCCN(O)c1nonc1C(=N)N. The minimum Gasteiger partial charge on any atom is -0.382 e. The number of nitrogens with one attached hydrogen (secondary N) is 1. The third-order valence-corrected chi connectivity index (χ3v) is 2.07. The number of anilines is 1. The van der Waals surface area contributed by atoms with E-state index in [2.05, 4.69) is 14.9 Å². The van der Waals surface area contributed by atoms with Crippen LogP contribution in [-0.2, 0) is 0 Å². The summed E-state index contributed by atoms with van der Waals surface area (Å²) in [7, 11) is 0. The van der Waals surface area contributed by atoms with Gasteiger partial charge in [-0.05, 0) is 16.6 Å². The molecular formula is C6H11N5O2S. The predicted octanol–water partition coefficient (Wildman–Crippen LogP) is -0.0877. The molecule has 0 radical (unpaired) electrons. The second-order valence-electron chi connectivity index (χ2n) is 2.47. The Hall–Kier alpha value is -1.28. The lowest BCUT2D eigenvalue weighted by atomic mass is 10.4. The van der Waals surface area contributed by atoms with Gasteiger partial charge in [0.1, 0.15) is 5.84 Å². The van der Waals surface area contributed by atoms with Gasteiger partial charge in [-0.3, -0.25) is 10.6 Å². The van der Waals surface area contributed by atoms with Gasteiger partial charge >= 0.3 is 0 Å². The van der Waals surface area contributed by atoms with E-state index in [0.29, 0.717) is 6.54 Å². The number of rotatable bonds is 5. The fourth-order valence-electron chi connectivity index (χ4n) is 0.807. The number of nitrogens with two attached hydrogens (primary N) is 1. The van der Waals surface area contributed by atoms with Crippen LogP contribution in [0.5, 0.6) is 0 Å². The average molecular weight is 217 g/mol. The van der Waals surface area contributed by atoms with Crippen molar-refractivity contribution >= 4 is 23.4 Å². The molecule has 1 rings (SSSR count). The Balaban J connectivity index is 2.73. The number of hydroxylamine groups is 1. The van der Waals surface area contributed by atoms with E-state index in [-0.39, 0.29) is 17.3 Å². The number of nitrogen functional groups attached to an aromatic ring is 1. The third-order valence-electron chi connectivity index (χ3n) is 1.48. The molecule has 0 aromatic carbocycles.